The summed E-state index contributed by atoms with van der Waals surface area (Å²) in [5, 5.41) is 25.4. The fourth-order valence-corrected chi connectivity index (χ4v) is 4.16. The van der Waals surface area contributed by atoms with Gasteiger partial charge in [0.2, 0.25) is 0 Å². The largest absolute Gasteiger partial charge is 2.00 e. The molecule has 7 heteroatoms. The third-order valence-electron chi connectivity index (χ3n) is 4.11. The second-order valence-electron chi connectivity index (χ2n) is 5.93. The molecule has 0 aliphatic heterocycles. The van der Waals surface area contributed by atoms with Crippen LogP contribution in [0.25, 0.3) is 21.5 Å². The Hall–Kier alpha value is -1.28. The molecule has 4 aromatic rings. The summed E-state index contributed by atoms with van der Waals surface area (Å²) < 4.78 is 1.42. The minimum atomic E-state index is -1.12. The summed E-state index contributed by atoms with van der Waals surface area (Å²) in [6, 6.07) is 22.3. The van der Waals surface area contributed by atoms with E-state index in [1.165, 1.54) is 0 Å². The fraction of sp³-hybridized carbons (Fsp3) is 0. The number of hydrogen-bond acceptors (Lipinski definition) is 4. The third kappa shape index (κ3) is 5.88. The zero-order valence-electron chi connectivity index (χ0n) is 15.0. The topological polar surface area (TPSA) is 80.3 Å². The monoisotopic (exact) mass is 708 g/mol. The predicted molar refractivity (Wildman–Crippen MR) is 122 cm³/mol. The average Bonchev–Trinajstić information content (AvgIpc) is 2.67. The first-order chi connectivity index (χ1) is 13.4. The van der Waals surface area contributed by atoms with Crippen LogP contribution in [0.15, 0.2) is 72.8 Å². The van der Waals surface area contributed by atoms with Gasteiger partial charge in [0.15, 0.2) is 0 Å². The molecule has 0 bridgehead atoms. The van der Waals surface area contributed by atoms with Gasteiger partial charge in [-0.15, -0.1) is 0 Å². The van der Waals surface area contributed by atoms with Crippen LogP contribution in [0.4, 0.5) is 0 Å². The van der Waals surface area contributed by atoms with E-state index in [2.05, 4.69) is 0 Å². The van der Waals surface area contributed by atoms with Crippen molar-refractivity contribution in [2.24, 2.45) is 0 Å². The Balaban J connectivity index is 0.000000200. The standard InChI is InChI=1S/2C11H7IO2.Cd/c2*12-10-6-8-4-2-1-3-7(8)5-9(10)11(13)14;/h2*1-6H,(H,13,14);/q;;+2/p-2. The van der Waals surface area contributed by atoms with Crippen molar-refractivity contribution in [1.82, 2.24) is 0 Å². The van der Waals surface area contributed by atoms with E-state index in [-0.39, 0.29) is 38.4 Å². The number of benzene rings is 4. The van der Waals surface area contributed by atoms with Gasteiger partial charge in [0, 0.05) is 18.3 Å². The molecule has 0 radical (unpaired) electrons. The molecule has 0 spiro atoms. The van der Waals surface area contributed by atoms with E-state index < -0.39 is 11.9 Å². The van der Waals surface area contributed by atoms with Crippen molar-refractivity contribution in [3.05, 3.63) is 91.1 Å². The molecular weight excluding hydrogens is 694 g/mol. The van der Waals surface area contributed by atoms with Crippen LogP contribution in [0.2, 0.25) is 0 Å². The van der Waals surface area contributed by atoms with E-state index in [0.717, 1.165) is 21.5 Å². The van der Waals surface area contributed by atoms with Crippen molar-refractivity contribution < 1.29 is 47.1 Å². The summed E-state index contributed by atoms with van der Waals surface area (Å²) in [7, 11) is 0. The molecule has 0 aliphatic rings. The van der Waals surface area contributed by atoms with Gasteiger partial charge < -0.3 is 19.8 Å². The molecule has 140 valence electrons. The zero-order chi connectivity index (χ0) is 20.3. The maximum atomic E-state index is 10.7. The van der Waals surface area contributed by atoms with Crippen LogP contribution in [-0.4, -0.2) is 11.9 Å². The molecule has 4 aromatic carbocycles. The van der Waals surface area contributed by atoms with E-state index in [9.17, 15) is 19.8 Å². The Morgan fingerprint density at radius 3 is 1.14 bits per heavy atom. The van der Waals surface area contributed by atoms with E-state index in [1.807, 2.05) is 106 Å². The zero-order valence-corrected chi connectivity index (χ0v) is 23.4. The number of carbonyl (C=O) groups excluding carboxylic acids is 2. The number of hydrogen-bond donors (Lipinski definition) is 0. The molecule has 0 atom stereocenters. The van der Waals surface area contributed by atoms with Gasteiger partial charge in [0.1, 0.15) is 0 Å². The van der Waals surface area contributed by atoms with Crippen molar-refractivity contribution in [2.75, 3.05) is 0 Å². The van der Waals surface area contributed by atoms with Crippen LogP contribution in [0.5, 0.6) is 0 Å². The molecule has 4 rings (SSSR count). The second kappa shape index (κ2) is 10.7. The van der Waals surface area contributed by atoms with Crippen LogP contribution < -0.4 is 10.2 Å². The van der Waals surface area contributed by atoms with Crippen LogP contribution in [0, 0.1) is 7.14 Å². The van der Waals surface area contributed by atoms with Gasteiger partial charge in [-0.3, -0.25) is 0 Å². The predicted octanol–water partition coefficient (Wildman–Crippen LogP) is 3.61. The molecule has 0 saturated heterocycles. The van der Waals surface area contributed by atoms with E-state index in [0.29, 0.717) is 7.14 Å². The Morgan fingerprint density at radius 2 is 0.862 bits per heavy atom. The molecule has 0 fully saturated rings. The Bertz CT molecular complexity index is 1110. The van der Waals surface area contributed by atoms with E-state index in [1.54, 1.807) is 12.1 Å². The van der Waals surface area contributed by atoms with E-state index in [4.69, 9.17) is 0 Å². The molecule has 0 amide bonds. The molecule has 0 aliphatic carbocycles. The summed E-state index contributed by atoms with van der Waals surface area (Å²) in [6.07, 6.45) is 0. The normalized spacial score (nSPS) is 10.0. The van der Waals surface area contributed by atoms with Gasteiger partial charge in [-0.25, -0.2) is 0 Å². The molecule has 0 unspecified atom stereocenters. The number of fused-ring (bicyclic) bond motifs is 2. The average molecular weight is 707 g/mol. The smallest absolute Gasteiger partial charge is 0.545 e. The van der Waals surface area contributed by atoms with Crippen molar-refractivity contribution in [1.29, 1.82) is 0 Å². The number of carboxylic acid groups (broad SMARTS) is 2. The summed E-state index contributed by atoms with van der Waals surface area (Å²) in [6.45, 7) is 0. The Labute approximate surface area is 214 Å². The van der Waals surface area contributed by atoms with Crippen molar-refractivity contribution in [3.8, 4) is 0 Å². The molecular formula is C22H12CdI2O4. The van der Waals surface area contributed by atoms with Crippen LogP contribution in [-0.2, 0) is 27.3 Å². The molecule has 0 heterocycles. The third-order valence-corrected chi connectivity index (χ3v) is 5.90. The molecule has 4 nitrogen and oxygen atoms in total. The van der Waals surface area contributed by atoms with Gasteiger partial charge in [0.05, 0.1) is 11.9 Å². The Kier molecular flexibility index (Phi) is 8.82. The first-order valence-corrected chi connectivity index (χ1v) is 10.3. The molecule has 0 N–H and O–H groups in total. The van der Waals surface area contributed by atoms with Crippen molar-refractivity contribution in [2.45, 2.75) is 0 Å². The second-order valence-corrected chi connectivity index (χ2v) is 8.26. The number of carbonyl (C=O) groups is 2. The first kappa shape index (κ1) is 24.0. The number of halogens is 2. The fourth-order valence-electron chi connectivity index (χ4n) is 2.74. The van der Waals surface area contributed by atoms with Crippen LogP contribution in [0.1, 0.15) is 20.7 Å². The summed E-state index contributed by atoms with van der Waals surface area (Å²) in [4.78, 5) is 21.5. The van der Waals surface area contributed by atoms with Gasteiger partial charge in [-0.05, 0) is 91.0 Å². The summed E-state index contributed by atoms with van der Waals surface area (Å²) in [5.41, 5.74) is 0.508. The van der Waals surface area contributed by atoms with Crippen molar-refractivity contribution in [3.63, 3.8) is 0 Å². The van der Waals surface area contributed by atoms with Gasteiger partial charge in [0.25, 0.3) is 0 Å². The maximum Gasteiger partial charge on any atom is 2.00 e. The summed E-state index contributed by atoms with van der Waals surface area (Å²) in [5.74, 6) is -2.25. The van der Waals surface area contributed by atoms with Gasteiger partial charge in [-0.2, -0.15) is 0 Å². The minimum Gasteiger partial charge on any atom is -0.545 e. The van der Waals surface area contributed by atoms with Gasteiger partial charge in [-0.1, -0.05) is 48.5 Å². The first-order valence-electron chi connectivity index (χ1n) is 8.16. The quantitative estimate of drug-likeness (QED) is 0.236. The number of rotatable bonds is 2. The Morgan fingerprint density at radius 1 is 0.586 bits per heavy atom. The molecule has 0 aromatic heterocycles. The molecule has 0 saturated carbocycles. The van der Waals surface area contributed by atoms with Crippen LogP contribution in [0.3, 0.4) is 0 Å². The summed E-state index contributed by atoms with van der Waals surface area (Å²) >= 11 is 4.01. The number of aromatic carboxylic acids is 2. The van der Waals surface area contributed by atoms with Crippen LogP contribution >= 0.6 is 45.2 Å². The maximum absolute atomic E-state index is 10.7. The van der Waals surface area contributed by atoms with Crippen molar-refractivity contribution >= 4 is 78.7 Å². The van der Waals surface area contributed by atoms with E-state index >= 15 is 0 Å². The SMILES string of the molecule is O=C([O-])c1cc2ccccc2cc1I.O=C([O-])c1cc2ccccc2cc1I.[Cd+2]. The number of carboxylic acids is 2. The minimum absolute atomic E-state index is 0. The molecule has 29 heavy (non-hydrogen) atoms. The van der Waals surface area contributed by atoms with Gasteiger partial charge >= 0.3 is 27.3 Å².